The van der Waals surface area contributed by atoms with E-state index in [0.29, 0.717) is 17.7 Å². The van der Waals surface area contributed by atoms with E-state index in [4.69, 9.17) is 4.98 Å². The Hall–Kier alpha value is -3.10. The van der Waals surface area contributed by atoms with Crippen molar-refractivity contribution < 1.29 is 4.79 Å². The van der Waals surface area contributed by atoms with Gasteiger partial charge in [0.1, 0.15) is 11.1 Å². The van der Waals surface area contributed by atoms with E-state index >= 15 is 0 Å². The zero-order chi connectivity index (χ0) is 20.8. The average molecular weight is 414 g/mol. The van der Waals surface area contributed by atoms with E-state index in [9.17, 15) is 10.1 Å². The Labute approximate surface area is 181 Å². The number of nitrogens with zero attached hydrogens (tertiary/aromatic N) is 3. The molecule has 30 heavy (non-hydrogen) atoms. The number of carbonyl (C=O) groups is 1. The second kappa shape index (κ2) is 9.60. The summed E-state index contributed by atoms with van der Waals surface area (Å²) < 4.78 is 0. The summed E-state index contributed by atoms with van der Waals surface area (Å²) in [7, 11) is 0. The Balaban J connectivity index is 1.49. The van der Waals surface area contributed by atoms with Crippen LogP contribution in [-0.2, 0) is 17.6 Å². The number of hydrogen-bond donors (Lipinski definition) is 0. The van der Waals surface area contributed by atoms with E-state index < -0.39 is 0 Å². The highest BCUT2D eigenvalue weighted by atomic mass is 32.2. The van der Waals surface area contributed by atoms with Crippen LogP contribution < -0.4 is 4.90 Å². The van der Waals surface area contributed by atoms with E-state index in [1.165, 1.54) is 17.3 Å². The molecule has 0 saturated carbocycles. The number of anilines is 2. The van der Waals surface area contributed by atoms with E-state index in [0.717, 1.165) is 47.8 Å². The fraction of sp³-hybridized carbons (Fsp3) is 0.240. The van der Waals surface area contributed by atoms with E-state index in [2.05, 4.69) is 6.07 Å². The highest BCUT2D eigenvalue weighted by Crippen LogP contribution is 2.29. The number of carbonyl (C=O) groups excluding carboxylic acids is 1. The van der Waals surface area contributed by atoms with E-state index in [1.807, 2.05) is 66.7 Å². The lowest BCUT2D eigenvalue weighted by Gasteiger charge is -2.23. The molecule has 3 aromatic rings. The van der Waals surface area contributed by atoms with Crippen LogP contribution in [-0.4, -0.2) is 16.6 Å². The molecule has 0 bridgehead atoms. The molecule has 0 spiro atoms. The zero-order valence-electron chi connectivity index (χ0n) is 16.8. The molecule has 5 heteroatoms. The lowest BCUT2D eigenvalue weighted by atomic mass is 9.95. The fourth-order valence-corrected chi connectivity index (χ4v) is 4.65. The van der Waals surface area contributed by atoms with Crippen molar-refractivity contribution >= 4 is 29.0 Å². The second-order valence-corrected chi connectivity index (χ2v) is 8.35. The summed E-state index contributed by atoms with van der Waals surface area (Å²) in [4.78, 5) is 19.7. The molecule has 1 amide bonds. The van der Waals surface area contributed by atoms with Gasteiger partial charge in [-0.05, 0) is 61.6 Å². The number of para-hydroxylation sites is 2. The third-order valence-corrected chi connectivity index (χ3v) is 6.21. The summed E-state index contributed by atoms with van der Waals surface area (Å²) >= 11 is 1.50. The van der Waals surface area contributed by atoms with Crippen molar-refractivity contribution in [2.45, 2.75) is 37.1 Å². The van der Waals surface area contributed by atoms with Crippen molar-refractivity contribution in [2.75, 3.05) is 10.7 Å². The lowest BCUT2D eigenvalue weighted by Crippen LogP contribution is -2.26. The van der Waals surface area contributed by atoms with Crippen molar-refractivity contribution in [1.82, 2.24) is 4.98 Å². The van der Waals surface area contributed by atoms with Gasteiger partial charge in [0.2, 0.25) is 5.91 Å². The first-order valence-corrected chi connectivity index (χ1v) is 11.2. The van der Waals surface area contributed by atoms with Crippen molar-refractivity contribution in [3.05, 3.63) is 83.6 Å². The summed E-state index contributed by atoms with van der Waals surface area (Å²) in [6, 6.07) is 23.7. The Morgan fingerprint density at radius 1 is 1.00 bits per heavy atom. The first-order chi connectivity index (χ1) is 14.8. The number of aromatic nitrogens is 1. The maximum atomic E-state index is 13.1. The van der Waals surface area contributed by atoms with Crippen LogP contribution in [0.3, 0.4) is 0 Å². The van der Waals surface area contributed by atoms with Crippen molar-refractivity contribution in [3.8, 4) is 6.07 Å². The Morgan fingerprint density at radius 3 is 2.27 bits per heavy atom. The second-order valence-electron chi connectivity index (χ2n) is 7.26. The maximum absolute atomic E-state index is 13.1. The van der Waals surface area contributed by atoms with Crippen LogP contribution in [0.25, 0.3) is 0 Å². The Bertz CT molecular complexity index is 1020. The lowest BCUT2D eigenvalue weighted by molar-refractivity contribution is -0.117. The predicted molar refractivity (Wildman–Crippen MR) is 121 cm³/mol. The van der Waals surface area contributed by atoms with Gasteiger partial charge in [-0.25, -0.2) is 4.98 Å². The molecule has 0 saturated heterocycles. The molecule has 0 aliphatic heterocycles. The number of benzene rings is 2. The van der Waals surface area contributed by atoms with Gasteiger partial charge >= 0.3 is 0 Å². The highest BCUT2D eigenvalue weighted by molar-refractivity contribution is 7.99. The van der Waals surface area contributed by atoms with Crippen LogP contribution >= 0.6 is 11.8 Å². The van der Waals surface area contributed by atoms with Crippen LogP contribution in [0.4, 0.5) is 11.4 Å². The molecule has 1 heterocycles. The van der Waals surface area contributed by atoms with Gasteiger partial charge in [0.25, 0.3) is 0 Å². The number of hydrogen-bond acceptors (Lipinski definition) is 4. The molecule has 0 fully saturated rings. The summed E-state index contributed by atoms with van der Waals surface area (Å²) in [5.74, 6) is 0.603. The molecule has 2 aromatic carbocycles. The molecular formula is C25H23N3OS. The van der Waals surface area contributed by atoms with Crippen LogP contribution in [0.15, 0.2) is 71.8 Å². The van der Waals surface area contributed by atoms with Gasteiger partial charge in [-0.3, -0.25) is 9.69 Å². The number of pyridine rings is 1. The number of thioether (sulfide) groups is 1. The standard InChI is InChI=1S/C25H23N3OS/c26-18-20-17-19-9-7-8-14-23(19)27-25(20)30-16-15-24(29)28(21-10-3-1-4-11-21)22-12-5-2-6-13-22/h1-6,10-13,17H,7-9,14-16H2. The molecule has 150 valence electrons. The molecular weight excluding hydrogens is 390 g/mol. The van der Waals surface area contributed by atoms with Crippen LogP contribution in [0.5, 0.6) is 0 Å². The molecule has 1 aromatic heterocycles. The number of rotatable bonds is 6. The van der Waals surface area contributed by atoms with Crippen LogP contribution in [0, 0.1) is 11.3 Å². The van der Waals surface area contributed by atoms with Gasteiger partial charge in [-0.15, -0.1) is 11.8 Å². The Kier molecular flexibility index (Phi) is 6.46. The van der Waals surface area contributed by atoms with Gasteiger partial charge in [0, 0.05) is 29.2 Å². The van der Waals surface area contributed by atoms with E-state index in [1.54, 1.807) is 4.90 Å². The third-order valence-electron chi connectivity index (χ3n) is 5.22. The third kappa shape index (κ3) is 4.55. The topological polar surface area (TPSA) is 57.0 Å². The maximum Gasteiger partial charge on any atom is 0.232 e. The SMILES string of the molecule is N#Cc1cc2c(nc1SCCC(=O)N(c1ccccc1)c1ccccc1)CCCC2. The molecule has 0 atom stereocenters. The summed E-state index contributed by atoms with van der Waals surface area (Å²) in [6.07, 6.45) is 4.65. The minimum atomic E-state index is 0.0244. The molecule has 1 aliphatic rings. The number of nitriles is 1. The Morgan fingerprint density at radius 2 is 1.63 bits per heavy atom. The van der Waals surface area contributed by atoms with Gasteiger partial charge < -0.3 is 0 Å². The van der Waals surface area contributed by atoms with Gasteiger partial charge in [0.05, 0.1) is 5.56 Å². The monoisotopic (exact) mass is 413 g/mol. The van der Waals surface area contributed by atoms with Crippen LogP contribution in [0.2, 0.25) is 0 Å². The van der Waals surface area contributed by atoms with Gasteiger partial charge in [-0.1, -0.05) is 36.4 Å². The summed E-state index contributed by atoms with van der Waals surface area (Å²) in [5, 5.41) is 10.3. The highest BCUT2D eigenvalue weighted by Gasteiger charge is 2.19. The van der Waals surface area contributed by atoms with Gasteiger partial charge in [0.15, 0.2) is 0 Å². The van der Waals surface area contributed by atoms with Crippen molar-refractivity contribution in [3.63, 3.8) is 0 Å². The predicted octanol–water partition coefficient (Wildman–Crippen LogP) is 5.68. The fourth-order valence-electron chi connectivity index (χ4n) is 3.74. The van der Waals surface area contributed by atoms with Crippen LogP contribution in [0.1, 0.15) is 36.1 Å². The van der Waals surface area contributed by atoms with E-state index in [-0.39, 0.29) is 5.91 Å². The molecule has 0 radical (unpaired) electrons. The number of amides is 1. The molecule has 0 N–H and O–H groups in total. The average Bonchev–Trinajstić information content (AvgIpc) is 2.80. The minimum absolute atomic E-state index is 0.0244. The van der Waals surface area contributed by atoms with Gasteiger partial charge in [-0.2, -0.15) is 5.26 Å². The molecule has 0 unspecified atom stereocenters. The zero-order valence-corrected chi connectivity index (χ0v) is 17.6. The molecule has 4 nitrogen and oxygen atoms in total. The molecule has 1 aliphatic carbocycles. The number of fused-ring (bicyclic) bond motifs is 1. The summed E-state index contributed by atoms with van der Waals surface area (Å²) in [5.41, 5.74) is 4.64. The summed E-state index contributed by atoms with van der Waals surface area (Å²) in [6.45, 7) is 0. The minimum Gasteiger partial charge on any atom is -0.281 e. The molecule has 4 rings (SSSR count). The number of aryl methyl sites for hydroxylation is 2. The van der Waals surface area contributed by atoms with Crippen molar-refractivity contribution in [2.24, 2.45) is 0 Å². The smallest absolute Gasteiger partial charge is 0.232 e. The normalized spacial score (nSPS) is 12.6. The largest absolute Gasteiger partial charge is 0.281 e. The quantitative estimate of drug-likeness (QED) is 0.488. The first kappa shape index (κ1) is 20.2. The van der Waals surface area contributed by atoms with Crippen molar-refractivity contribution in [1.29, 1.82) is 5.26 Å². The first-order valence-electron chi connectivity index (χ1n) is 10.2.